The van der Waals surface area contributed by atoms with E-state index in [4.69, 9.17) is 5.73 Å². The molecule has 0 saturated carbocycles. The molecule has 1 aromatic carbocycles. The summed E-state index contributed by atoms with van der Waals surface area (Å²) in [5.41, 5.74) is 6.78. The van der Waals surface area contributed by atoms with Gasteiger partial charge in [0.05, 0.1) is 12.1 Å². The largest absolute Gasteiger partial charge is 0.480 e. The van der Waals surface area contributed by atoms with Crippen LogP contribution in [0.5, 0.6) is 0 Å². The minimum atomic E-state index is -1.53. The van der Waals surface area contributed by atoms with Gasteiger partial charge in [0.25, 0.3) is 0 Å². The Bertz CT molecular complexity index is 839. The van der Waals surface area contributed by atoms with Crippen molar-refractivity contribution in [3.05, 3.63) is 35.9 Å². The lowest BCUT2D eigenvalue weighted by Crippen LogP contribution is -2.60. The highest BCUT2D eigenvalue weighted by Gasteiger charge is 2.34. The van der Waals surface area contributed by atoms with Gasteiger partial charge in [-0.15, -0.1) is 0 Å². The molecule has 0 heterocycles. The molecule has 35 heavy (non-hydrogen) atoms. The lowest BCUT2D eigenvalue weighted by atomic mass is 9.96. The molecular weight excluding hydrogens is 472 g/mol. The van der Waals surface area contributed by atoms with Gasteiger partial charge >= 0.3 is 5.97 Å². The fourth-order valence-electron chi connectivity index (χ4n) is 3.30. The third kappa shape index (κ3) is 10.3. The van der Waals surface area contributed by atoms with Gasteiger partial charge in [0.1, 0.15) is 12.1 Å². The molecular formula is C24H38N4O6S. The molecule has 6 unspecified atom stereocenters. The molecule has 0 aromatic heterocycles. The zero-order valence-electron chi connectivity index (χ0n) is 20.7. The van der Waals surface area contributed by atoms with Gasteiger partial charge in [-0.05, 0) is 36.8 Å². The first-order chi connectivity index (χ1) is 16.5. The number of amides is 3. The molecule has 0 bridgehead atoms. The molecule has 3 amide bonds. The highest BCUT2D eigenvalue weighted by atomic mass is 32.2. The van der Waals surface area contributed by atoms with Gasteiger partial charge in [0.2, 0.25) is 17.7 Å². The molecule has 10 nitrogen and oxygen atoms in total. The number of thioether (sulfide) groups is 1. The Morgan fingerprint density at radius 3 is 2.09 bits per heavy atom. The minimum absolute atomic E-state index is 0.175. The number of carboxylic acid groups (broad SMARTS) is 1. The van der Waals surface area contributed by atoms with Gasteiger partial charge in [-0.25, -0.2) is 4.79 Å². The van der Waals surface area contributed by atoms with Crippen molar-refractivity contribution in [3.63, 3.8) is 0 Å². The van der Waals surface area contributed by atoms with Crippen molar-refractivity contribution in [1.82, 2.24) is 16.0 Å². The zero-order chi connectivity index (χ0) is 26.5. The van der Waals surface area contributed by atoms with Crippen molar-refractivity contribution in [1.29, 1.82) is 0 Å². The SMILES string of the molecule is CCC(C)C(NC(=O)C(Cc1ccccc1)NC(=O)C(N)CCSC)C(=O)NC(C(=O)O)C(C)O. The third-order valence-electron chi connectivity index (χ3n) is 5.72. The second-order valence-corrected chi connectivity index (χ2v) is 9.56. The third-order valence-corrected chi connectivity index (χ3v) is 6.37. The Kier molecular flexibility index (Phi) is 13.4. The number of rotatable bonds is 15. The molecule has 0 spiro atoms. The number of aliphatic hydroxyl groups is 1. The molecule has 7 N–H and O–H groups in total. The Morgan fingerprint density at radius 1 is 0.971 bits per heavy atom. The molecule has 0 aliphatic rings. The molecule has 0 aliphatic heterocycles. The number of hydrogen-bond donors (Lipinski definition) is 6. The summed E-state index contributed by atoms with van der Waals surface area (Å²) >= 11 is 1.56. The second-order valence-electron chi connectivity index (χ2n) is 8.58. The summed E-state index contributed by atoms with van der Waals surface area (Å²) < 4.78 is 0. The highest BCUT2D eigenvalue weighted by Crippen LogP contribution is 2.11. The molecule has 196 valence electrons. The molecule has 0 radical (unpaired) electrons. The highest BCUT2D eigenvalue weighted by molar-refractivity contribution is 7.98. The summed E-state index contributed by atoms with van der Waals surface area (Å²) in [6, 6.07) is 4.70. The van der Waals surface area contributed by atoms with Crippen LogP contribution in [0, 0.1) is 5.92 Å². The van der Waals surface area contributed by atoms with E-state index in [0.29, 0.717) is 18.6 Å². The monoisotopic (exact) mass is 510 g/mol. The zero-order valence-corrected chi connectivity index (χ0v) is 21.5. The average Bonchev–Trinajstić information content (AvgIpc) is 2.83. The van der Waals surface area contributed by atoms with Crippen LogP contribution >= 0.6 is 11.8 Å². The first kappa shape index (κ1) is 30.4. The summed E-state index contributed by atoms with van der Waals surface area (Å²) in [5.74, 6) is -2.85. The van der Waals surface area contributed by atoms with Crippen LogP contribution in [0.2, 0.25) is 0 Å². The summed E-state index contributed by atoms with van der Waals surface area (Å²) in [7, 11) is 0. The van der Waals surface area contributed by atoms with Gasteiger partial charge in [0, 0.05) is 6.42 Å². The van der Waals surface area contributed by atoms with Crippen LogP contribution in [0.25, 0.3) is 0 Å². The molecule has 11 heteroatoms. The molecule has 0 saturated heterocycles. The predicted molar refractivity (Wildman–Crippen MR) is 136 cm³/mol. The van der Waals surface area contributed by atoms with Crippen LogP contribution in [0.4, 0.5) is 0 Å². The first-order valence-electron chi connectivity index (χ1n) is 11.6. The predicted octanol–water partition coefficient (Wildman–Crippen LogP) is 0.275. The molecule has 1 aromatic rings. The van der Waals surface area contributed by atoms with Crippen LogP contribution in [0.15, 0.2) is 30.3 Å². The summed E-state index contributed by atoms with van der Waals surface area (Å²) in [5, 5.41) is 26.7. The van der Waals surface area contributed by atoms with Crippen molar-refractivity contribution in [2.75, 3.05) is 12.0 Å². The van der Waals surface area contributed by atoms with E-state index in [-0.39, 0.29) is 12.3 Å². The molecule has 0 aliphatic carbocycles. The number of carbonyl (C=O) groups is 4. The van der Waals surface area contributed by atoms with Crippen LogP contribution in [-0.4, -0.2) is 76.2 Å². The van der Waals surface area contributed by atoms with Crippen molar-refractivity contribution in [3.8, 4) is 0 Å². The first-order valence-corrected chi connectivity index (χ1v) is 13.0. The smallest absolute Gasteiger partial charge is 0.328 e. The minimum Gasteiger partial charge on any atom is -0.480 e. The topological polar surface area (TPSA) is 171 Å². The number of aliphatic carboxylic acids is 1. The maximum atomic E-state index is 13.3. The van der Waals surface area contributed by atoms with Crippen LogP contribution in [0.3, 0.4) is 0 Å². The number of carbonyl (C=O) groups excluding carboxylic acids is 3. The van der Waals surface area contributed by atoms with Crippen molar-refractivity contribution in [2.24, 2.45) is 11.7 Å². The maximum Gasteiger partial charge on any atom is 0.328 e. The number of hydrogen-bond acceptors (Lipinski definition) is 7. The number of carboxylic acids is 1. The van der Waals surface area contributed by atoms with E-state index in [1.54, 1.807) is 18.7 Å². The summed E-state index contributed by atoms with van der Waals surface area (Å²) in [4.78, 5) is 50.3. The van der Waals surface area contributed by atoms with Crippen molar-refractivity contribution >= 4 is 35.5 Å². The number of aliphatic hydroxyl groups excluding tert-OH is 1. The van der Waals surface area contributed by atoms with Gasteiger partial charge in [0.15, 0.2) is 6.04 Å². The lowest BCUT2D eigenvalue weighted by molar-refractivity contribution is -0.145. The van der Waals surface area contributed by atoms with E-state index in [0.717, 1.165) is 5.56 Å². The molecule has 0 fully saturated rings. The van der Waals surface area contributed by atoms with Gasteiger partial charge in [-0.1, -0.05) is 50.6 Å². The Balaban J connectivity index is 3.11. The van der Waals surface area contributed by atoms with E-state index in [1.807, 2.05) is 43.5 Å². The average molecular weight is 511 g/mol. The Morgan fingerprint density at radius 2 is 1.57 bits per heavy atom. The standard InChI is InChI=1S/C24H38N4O6S/c1-5-14(2)19(23(32)28-20(15(3)29)24(33)34)27-22(31)18(13-16-9-7-6-8-10-16)26-21(30)17(25)11-12-35-4/h6-10,14-15,17-20,29H,5,11-13,25H2,1-4H3,(H,26,30)(H,27,31)(H,28,32)(H,33,34). The van der Waals surface area contributed by atoms with E-state index < -0.39 is 54.0 Å². The van der Waals surface area contributed by atoms with Gasteiger partial charge < -0.3 is 31.9 Å². The molecule has 1 rings (SSSR count). The lowest BCUT2D eigenvalue weighted by Gasteiger charge is -2.28. The summed E-state index contributed by atoms with van der Waals surface area (Å²) in [6.07, 6.45) is 1.70. The number of benzene rings is 1. The Hall–Kier alpha value is -2.63. The van der Waals surface area contributed by atoms with Gasteiger partial charge in [-0.2, -0.15) is 11.8 Å². The molecule has 6 atom stereocenters. The van der Waals surface area contributed by atoms with Crippen molar-refractivity contribution in [2.45, 2.75) is 70.3 Å². The maximum absolute atomic E-state index is 13.3. The quantitative estimate of drug-likeness (QED) is 0.195. The fourth-order valence-corrected chi connectivity index (χ4v) is 3.79. The van der Waals surface area contributed by atoms with E-state index in [9.17, 15) is 29.4 Å². The number of nitrogens with two attached hydrogens (primary N) is 1. The van der Waals surface area contributed by atoms with E-state index in [2.05, 4.69) is 16.0 Å². The fraction of sp³-hybridized carbons (Fsp3) is 0.583. The van der Waals surface area contributed by atoms with E-state index >= 15 is 0 Å². The van der Waals surface area contributed by atoms with Crippen LogP contribution in [-0.2, 0) is 25.6 Å². The van der Waals surface area contributed by atoms with E-state index in [1.165, 1.54) is 6.92 Å². The van der Waals surface area contributed by atoms with Crippen molar-refractivity contribution < 1.29 is 29.4 Å². The second kappa shape index (κ2) is 15.4. The van der Waals surface area contributed by atoms with Crippen LogP contribution < -0.4 is 21.7 Å². The van der Waals surface area contributed by atoms with Crippen LogP contribution in [0.1, 0.15) is 39.2 Å². The van der Waals surface area contributed by atoms with Gasteiger partial charge in [-0.3, -0.25) is 14.4 Å². The normalized spacial score (nSPS) is 16.2. The summed E-state index contributed by atoms with van der Waals surface area (Å²) in [6.45, 7) is 4.82. The Labute approximate surface area is 210 Å². The number of nitrogens with one attached hydrogen (secondary N) is 3.